The van der Waals surface area contributed by atoms with E-state index in [1.165, 1.54) is 18.2 Å². The number of nitrogens with zero attached hydrogens (tertiary/aromatic N) is 2. The minimum Gasteiger partial charge on any atom is -0.871 e. The molecule has 0 aliphatic heterocycles. The molecule has 0 amide bonds. The molecule has 0 atom stereocenters. The van der Waals surface area contributed by atoms with Gasteiger partial charge in [0.1, 0.15) is 10.6 Å². The Kier molecular flexibility index (Phi) is 6.44. The maximum Gasteiger partial charge on any atom is 1.00 e. The molecule has 9 heteroatoms. The second kappa shape index (κ2) is 8.04. The van der Waals surface area contributed by atoms with E-state index in [9.17, 15) is 18.1 Å². The van der Waals surface area contributed by atoms with Crippen molar-refractivity contribution < 1.29 is 47.6 Å². The van der Waals surface area contributed by atoms with Crippen LogP contribution in [0.25, 0.3) is 10.8 Å². The number of azo groups is 1. The van der Waals surface area contributed by atoms with Crippen LogP contribution in [-0.2, 0) is 10.1 Å². The van der Waals surface area contributed by atoms with Gasteiger partial charge in [0, 0.05) is 10.4 Å². The third-order valence-corrected chi connectivity index (χ3v) is 4.93. The molecule has 0 aliphatic rings. The third kappa shape index (κ3) is 4.25. The smallest absolute Gasteiger partial charge is 0.871 e. The van der Waals surface area contributed by atoms with Gasteiger partial charge in [0.2, 0.25) is 0 Å². The molecule has 0 heterocycles. The zero-order valence-corrected chi connectivity index (χ0v) is 17.5. The van der Waals surface area contributed by atoms with E-state index >= 15 is 0 Å². The van der Waals surface area contributed by atoms with Gasteiger partial charge in [-0.2, -0.15) is 13.5 Å². The molecular weight excluding hydrogens is 387 g/mol. The summed E-state index contributed by atoms with van der Waals surface area (Å²) >= 11 is 6.00. The predicted molar refractivity (Wildman–Crippen MR) is 93.6 cm³/mol. The van der Waals surface area contributed by atoms with E-state index in [-0.39, 0.29) is 51.7 Å². The minimum atomic E-state index is -4.52. The molecule has 3 rings (SSSR count). The summed E-state index contributed by atoms with van der Waals surface area (Å²) in [6.07, 6.45) is 0. The van der Waals surface area contributed by atoms with Gasteiger partial charge in [0.15, 0.2) is 0 Å². The van der Waals surface area contributed by atoms with Crippen LogP contribution in [0.15, 0.2) is 63.7 Å². The summed E-state index contributed by atoms with van der Waals surface area (Å²) in [7, 11) is -4.52. The van der Waals surface area contributed by atoms with Gasteiger partial charge < -0.3 is 5.11 Å². The normalized spacial score (nSPS) is 11.7. The molecule has 0 spiro atoms. The maximum absolute atomic E-state index is 12.1. The summed E-state index contributed by atoms with van der Waals surface area (Å²) in [4.78, 5) is -0.425. The maximum atomic E-state index is 12.1. The fourth-order valence-corrected chi connectivity index (χ4v) is 3.22. The number of hydrogen-bond donors (Lipinski definition) is 1. The fraction of sp³-hybridized carbons (Fsp3) is 0.0588. The van der Waals surface area contributed by atoms with Crippen molar-refractivity contribution in [2.75, 3.05) is 0 Å². The van der Waals surface area contributed by atoms with Gasteiger partial charge in [-0.05, 0) is 30.0 Å². The van der Waals surface area contributed by atoms with Gasteiger partial charge in [-0.15, -0.1) is 5.11 Å². The van der Waals surface area contributed by atoms with Crippen LogP contribution in [0.1, 0.15) is 5.56 Å². The minimum absolute atomic E-state index is 0. The monoisotopic (exact) mass is 398 g/mol. The first-order valence-corrected chi connectivity index (χ1v) is 8.97. The van der Waals surface area contributed by atoms with E-state index in [0.29, 0.717) is 10.9 Å². The zero-order valence-electron chi connectivity index (χ0n) is 14.0. The molecular formula is C17H12ClN2NaO4S. The molecule has 0 bridgehead atoms. The van der Waals surface area contributed by atoms with E-state index in [2.05, 4.69) is 10.2 Å². The number of halogens is 1. The van der Waals surface area contributed by atoms with Crippen LogP contribution in [-0.4, -0.2) is 13.0 Å². The second-order valence-corrected chi connectivity index (χ2v) is 7.17. The SMILES string of the molecule is Cc1cc(S(=O)(=O)O)c(N=Nc2c([O-])ccc3ccccc23)cc1Cl.[Na+]. The van der Waals surface area contributed by atoms with Crippen LogP contribution in [0.4, 0.5) is 11.4 Å². The fourth-order valence-electron chi connectivity index (χ4n) is 2.37. The molecule has 128 valence electrons. The van der Waals surface area contributed by atoms with Gasteiger partial charge in [-0.25, -0.2) is 0 Å². The summed E-state index contributed by atoms with van der Waals surface area (Å²) in [5.41, 5.74) is 0.393. The van der Waals surface area contributed by atoms with E-state index < -0.39 is 15.0 Å². The number of aryl methyl sites for hydroxylation is 1. The van der Waals surface area contributed by atoms with Crippen molar-refractivity contribution in [3.63, 3.8) is 0 Å². The molecule has 6 nitrogen and oxygen atoms in total. The molecule has 0 fully saturated rings. The Morgan fingerprint density at radius 1 is 1.08 bits per heavy atom. The summed E-state index contributed by atoms with van der Waals surface area (Å²) in [5, 5.41) is 21.5. The number of fused-ring (bicyclic) bond motifs is 1. The molecule has 3 aromatic rings. The average molecular weight is 399 g/mol. The van der Waals surface area contributed by atoms with Crippen LogP contribution in [0.2, 0.25) is 5.02 Å². The van der Waals surface area contributed by atoms with Crippen molar-refractivity contribution in [2.24, 2.45) is 10.2 Å². The molecule has 26 heavy (non-hydrogen) atoms. The van der Waals surface area contributed by atoms with E-state index in [1.54, 1.807) is 25.1 Å². The number of hydrogen-bond acceptors (Lipinski definition) is 5. The molecule has 0 aliphatic carbocycles. The number of rotatable bonds is 3. The first-order valence-electron chi connectivity index (χ1n) is 7.15. The Labute approximate surface area is 177 Å². The standard InChI is InChI=1S/C17H13ClN2O4S.Na/c1-10-8-16(25(22,23)24)14(9-13(10)18)19-20-17-12-5-3-2-4-11(12)6-7-15(17)21;/h2-9,21H,1H3,(H,22,23,24);/q;+1/p-1. The molecule has 3 aromatic carbocycles. The second-order valence-electron chi connectivity index (χ2n) is 5.38. The first-order chi connectivity index (χ1) is 11.8. The van der Waals surface area contributed by atoms with Gasteiger partial charge >= 0.3 is 29.6 Å². The molecule has 1 N–H and O–H groups in total. The summed E-state index contributed by atoms with van der Waals surface area (Å²) in [5.74, 6) is -0.353. The average Bonchev–Trinajstić information content (AvgIpc) is 2.55. The predicted octanol–water partition coefficient (Wildman–Crippen LogP) is 1.54. The van der Waals surface area contributed by atoms with Crippen molar-refractivity contribution in [2.45, 2.75) is 11.8 Å². The van der Waals surface area contributed by atoms with Gasteiger partial charge in [0.05, 0.1) is 5.69 Å². The third-order valence-electron chi connectivity index (χ3n) is 3.64. The van der Waals surface area contributed by atoms with Crippen LogP contribution < -0.4 is 34.7 Å². The topological polar surface area (TPSA) is 102 Å². The Hall–Kier alpha value is -1.48. The van der Waals surface area contributed by atoms with Gasteiger partial charge in [0.25, 0.3) is 10.1 Å². The molecule has 0 radical (unpaired) electrons. The Morgan fingerprint density at radius 2 is 1.77 bits per heavy atom. The zero-order chi connectivity index (χ0) is 18.2. The van der Waals surface area contributed by atoms with Crippen molar-refractivity contribution in [1.29, 1.82) is 0 Å². The molecule has 0 aromatic heterocycles. The first kappa shape index (κ1) is 20.8. The van der Waals surface area contributed by atoms with Crippen LogP contribution in [0.3, 0.4) is 0 Å². The molecule has 0 unspecified atom stereocenters. The van der Waals surface area contributed by atoms with Crippen molar-refractivity contribution in [3.8, 4) is 5.75 Å². The van der Waals surface area contributed by atoms with Crippen molar-refractivity contribution in [3.05, 3.63) is 59.1 Å². The van der Waals surface area contributed by atoms with Crippen molar-refractivity contribution in [1.82, 2.24) is 0 Å². The van der Waals surface area contributed by atoms with Gasteiger partial charge in [-0.1, -0.05) is 53.7 Å². The Morgan fingerprint density at radius 3 is 2.46 bits per heavy atom. The van der Waals surface area contributed by atoms with E-state index in [0.717, 1.165) is 5.39 Å². The molecule has 0 saturated heterocycles. The van der Waals surface area contributed by atoms with E-state index in [4.69, 9.17) is 11.6 Å². The Bertz CT molecular complexity index is 1120. The molecule has 0 saturated carbocycles. The summed E-state index contributed by atoms with van der Waals surface area (Å²) in [6.45, 7) is 1.60. The van der Waals surface area contributed by atoms with Crippen LogP contribution >= 0.6 is 11.6 Å². The Balaban J connectivity index is 0.00000243. The number of benzene rings is 3. The summed E-state index contributed by atoms with van der Waals surface area (Å²) < 4.78 is 32.5. The van der Waals surface area contributed by atoms with E-state index in [1.807, 2.05) is 12.1 Å². The van der Waals surface area contributed by atoms with Crippen LogP contribution in [0.5, 0.6) is 5.75 Å². The van der Waals surface area contributed by atoms with Crippen LogP contribution in [0, 0.1) is 6.92 Å². The largest absolute Gasteiger partial charge is 1.00 e. The summed E-state index contributed by atoms with van der Waals surface area (Å²) in [6, 6.07) is 12.6. The van der Waals surface area contributed by atoms with Crippen molar-refractivity contribution >= 4 is 43.9 Å². The van der Waals surface area contributed by atoms with Gasteiger partial charge in [-0.3, -0.25) is 4.55 Å². The quantitative estimate of drug-likeness (QED) is 0.410.